The minimum atomic E-state index is -0.452. The minimum absolute atomic E-state index is 0.0106. The van der Waals surface area contributed by atoms with Crippen LogP contribution < -0.4 is 16.2 Å². The standard InChI is InChI=1S/C19H18N4O2/c24-18-17(20-13-14-23(18)16-9-5-2-6-10-16)22-19(25)21-12-11-15-7-3-1-4-8-15/h1-10,13-14H,11-12H2,(H2,20,21,22,25). The predicted octanol–water partition coefficient (Wildman–Crippen LogP) is 2.60. The van der Waals surface area contributed by atoms with Crippen LogP contribution >= 0.6 is 0 Å². The fourth-order valence-corrected chi connectivity index (χ4v) is 2.41. The number of para-hydroxylation sites is 1. The third-order valence-electron chi connectivity index (χ3n) is 3.65. The number of amides is 2. The molecule has 0 fully saturated rings. The summed E-state index contributed by atoms with van der Waals surface area (Å²) in [6.45, 7) is 0.468. The second-order valence-electron chi connectivity index (χ2n) is 5.40. The van der Waals surface area contributed by atoms with E-state index >= 15 is 0 Å². The molecule has 2 N–H and O–H groups in total. The van der Waals surface area contributed by atoms with Gasteiger partial charge >= 0.3 is 6.03 Å². The molecule has 0 saturated carbocycles. The highest BCUT2D eigenvalue weighted by Crippen LogP contribution is 2.04. The molecule has 0 radical (unpaired) electrons. The Hall–Kier alpha value is -3.41. The van der Waals surface area contributed by atoms with Gasteiger partial charge in [-0.25, -0.2) is 9.78 Å². The van der Waals surface area contributed by atoms with Gasteiger partial charge in [-0.05, 0) is 24.1 Å². The van der Waals surface area contributed by atoms with Gasteiger partial charge in [0.1, 0.15) is 0 Å². The average Bonchev–Trinajstić information content (AvgIpc) is 2.65. The van der Waals surface area contributed by atoms with Gasteiger partial charge in [0.25, 0.3) is 5.56 Å². The van der Waals surface area contributed by atoms with Crippen molar-refractivity contribution >= 4 is 11.8 Å². The lowest BCUT2D eigenvalue weighted by molar-refractivity contribution is 0.252. The molecule has 0 aliphatic rings. The lowest BCUT2D eigenvalue weighted by Gasteiger charge is -2.09. The zero-order chi connectivity index (χ0) is 17.5. The number of anilines is 1. The molecular formula is C19H18N4O2. The first kappa shape index (κ1) is 16.4. The summed E-state index contributed by atoms with van der Waals surface area (Å²) in [5, 5.41) is 5.24. The van der Waals surface area contributed by atoms with Gasteiger partial charge in [0.2, 0.25) is 5.82 Å². The summed E-state index contributed by atoms with van der Waals surface area (Å²) in [6, 6.07) is 18.6. The van der Waals surface area contributed by atoms with Crippen LogP contribution in [0.2, 0.25) is 0 Å². The molecule has 6 heteroatoms. The van der Waals surface area contributed by atoms with E-state index < -0.39 is 6.03 Å². The molecule has 0 aliphatic carbocycles. The van der Waals surface area contributed by atoms with Crippen molar-refractivity contribution < 1.29 is 4.79 Å². The predicted molar refractivity (Wildman–Crippen MR) is 97.0 cm³/mol. The van der Waals surface area contributed by atoms with Crippen molar-refractivity contribution in [2.75, 3.05) is 11.9 Å². The van der Waals surface area contributed by atoms with Gasteiger partial charge in [0.05, 0.1) is 0 Å². The third kappa shape index (κ3) is 4.32. The molecule has 25 heavy (non-hydrogen) atoms. The topological polar surface area (TPSA) is 76.0 Å². The number of nitrogens with one attached hydrogen (secondary N) is 2. The molecule has 0 saturated heterocycles. The molecule has 3 rings (SSSR count). The van der Waals surface area contributed by atoms with Crippen molar-refractivity contribution in [2.24, 2.45) is 0 Å². The van der Waals surface area contributed by atoms with Crippen LogP contribution in [-0.2, 0) is 6.42 Å². The molecule has 1 heterocycles. The summed E-state index contributed by atoms with van der Waals surface area (Å²) in [5.41, 5.74) is 1.46. The number of rotatable bonds is 5. The molecular weight excluding hydrogens is 316 g/mol. The lowest BCUT2D eigenvalue weighted by atomic mass is 10.1. The highest BCUT2D eigenvalue weighted by atomic mass is 16.2. The van der Waals surface area contributed by atoms with Crippen LogP contribution in [0.3, 0.4) is 0 Å². The molecule has 0 atom stereocenters. The van der Waals surface area contributed by atoms with Gasteiger partial charge in [0, 0.05) is 24.6 Å². The Bertz CT molecular complexity index is 892. The smallest absolute Gasteiger partial charge is 0.320 e. The lowest BCUT2D eigenvalue weighted by Crippen LogP contribution is -2.34. The molecule has 0 spiro atoms. The van der Waals surface area contributed by atoms with Crippen molar-refractivity contribution in [3.05, 3.63) is 89.0 Å². The number of hydrogen-bond donors (Lipinski definition) is 2. The molecule has 0 aliphatic heterocycles. The second-order valence-corrected chi connectivity index (χ2v) is 5.40. The van der Waals surface area contributed by atoms with Gasteiger partial charge < -0.3 is 5.32 Å². The maximum absolute atomic E-state index is 12.5. The molecule has 2 aromatic carbocycles. The highest BCUT2D eigenvalue weighted by Gasteiger charge is 2.09. The summed E-state index contributed by atoms with van der Waals surface area (Å²) >= 11 is 0. The Kier molecular flexibility index (Phi) is 5.21. The van der Waals surface area contributed by atoms with Crippen LogP contribution in [0.5, 0.6) is 0 Å². The Labute approximate surface area is 145 Å². The van der Waals surface area contributed by atoms with E-state index in [2.05, 4.69) is 15.6 Å². The van der Waals surface area contributed by atoms with Gasteiger partial charge in [-0.2, -0.15) is 0 Å². The zero-order valence-corrected chi connectivity index (χ0v) is 13.6. The summed E-state index contributed by atoms with van der Waals surface area (Å²) in [7, 11) is 0. The first-order chi connectivity index (χ1) is 12.2. The molecule has 1 aromatic heterocycles. The van der Waals surface area contributed by atoms with E-state index in [1.165, 1.54) is 10.8 Å². The number of carbonyl (C=O) groups is 1. The van der Waals surface area contributed by atoms with E-state index in [1.807, 2.05) is 60.7 Å². The third-order valence-corrected chi connectivity index (χ3v) is 3.65. The van der Waals surface area contributed by atoms with E-state index in [1.54, 1.807) is 6.20 Å². The van der Waals surface area contributed by atoms with E-state index in [0.717, 1.165) is 5.56 Å². The van der Waals surface area contributed by atoms with Crippen LogP contribution in [0.15, 0.2) is 77.9 Å². The normalized spacial score (nSPS) is 10.2. The maximum atomic E-state index is 12.5. The van der Waals surface area contributed by atoms with E-state index in [-0.39, 0.29) is 11.4 Å². The summed E-state index contributed by atoms with van der Waals surface area (Å²) in [5.74, 6) is -0.0106. The Balaban J connectivity index is 1.63. The summed E-state index contributed by atoms with van der Waals surface area (Å²) < 4.78 is 1.44. The van der Waals surface area contributed by atoms with Crippen molar-refractivity contribution in [1.82, 2.24) is 14.9 Å². The molecule has 3 aromatic rings. The zero-order valence-electron chi connectivity index (χ0n) is 13.6. The Morgan fingerprint density at radius 3 is 2.40 bits per heavy atom. The van der Waals surface area contributed by atoms with Crippen molar-refractivity contribution in [3.8, 4) is 5.69 Å². The van der Waals surface area contributed by atoms with E-state index in [4.69, 9.17) is 0 Å². The maximum Gasteiger partial charge on any atom is 0.320 e. The monoisotopic (exact) mass is 334 g/mol. The Morgan fingerprint density at radius 2 is 1.68 bits per heavy atom. The van der Waals surface area contributed by atoms with Gasteiger partial charge in [-0.15, -0.1) is 0 Å². The number of benzene rings is 2. The Morgan fingerprint density at radius 1 is 1.00 bits per heavy atom. The van der Waals surface area contributed by atoms with Crippen LogP contribution in [0, 0.1) is 0 Å². The average molecular weight is 334 g/mol. The molecule has 0 unspecified atom stereocenters. The van der Waals surface area contributed by atoms with Gasteiger partial charge in [0.15, 0.2) is 0 Å². The summed E-state index contributed by atoms with van der Waals surface area (Å²) in [6.07, 6.45) is 3.76. The highest BCUT2D eigenvalue weighted by molar-refractivity contribution is 5.87. The minimum Gasteiger partial charge on any atom is -0.337 e. The van der Waals surface area contributed by atoms with Gasteiger partial charge in [-0.3, -0.25) is 14.7 Å². The quantitative estimate of drug-likeness (QED) is 0.753. The largest absolute Gasteiger partial charge is 0.337 e. The number of urea groups is 1. The van der Waals surface area contributed by atoms with Crippen molar-refractivity contribution in [3.63, 3.8) is 0 Å². The second kappa shape index (κ2) is 7.92. The van der Waals surface area contributed by atoms with Crippen LogP contribution in [-0.4, -0.2) is 22.1 Å². The molecule has 6 nitrogen and oxygen atoms in total. The molecule has 2 amide bonds. The summed E-state index contributed by atoms with van der Waals surface area (Å²) in [4.78, 5) is 28.4. The fourth-order valence-electron chi connectivity index (χ4n) is 2.41. The van der Waals surface area contributed by atoms with Gasteiger partial charge in [-0.1, -0.05) is 48.5 Å². The number of carbonyl (C=O) groups excluding carboxylic acids is 1. The molecule has 0 bridgehead atoms. The fraction of sp³-hybridized carbons (Fsp3) is 0.105. The first-order valence-electron chi connectivity index (χ1n) is 7.96. The van der Waals surface area contributed by atoms with E-state index in [0.29, 0.717) is 18.7 Å². The SMILES string of the molecule is O=C(NCCc1ccccc1)Nc1nccn(-c2ccccc2)c1=O. The van der Waals surface area contributed by atoms with Crippen molar-refractivity contribution in [1.29, 1.82) is 0 Å². The molecule has 126 valence electrons. The number of nitrogens with zero attached hydrogens (tertiary/aromatic N) is 2. The van der Waals surface area contributed by atoms with Crippen LogP contribution in [0.25, 0.3) is 5.69 Å². The van der Waals surface area contributed by atoms with Crippen LogP contribution in [0.1, 0.15) is 5.56 Å². The van der Waals surface area contributed by atoms with Crippen molar-refractivity contribution in [2.45, 2.75) is 6.42 Å². The number of hydrogen-bond acceptors (Lipinski definition) is 3. The van der Waals surface area contributed by atoms with E-state index in [9.17, 15) is 9.59 Å². The first-order valence-corrected chi connectivity index (χ1v) is 7.96. The van der Waals surface area contributed by atoms with Crippen LogP contribution in [0.4, 0.5) is 10.6 Å². The number of aromatic nitrogens is 2.